The molecule has 1 fully saturated rings. The molecule has 0 spiro atoms. The van der Waals surface area contributed by atoms with Crippen LogP contribution in [0.1, 0.15) is 48.8 Å². The van der Waals surface area contributed by atoms with Crippen LogP contribution >= 0.6 is 11.8 Å². The molecule has 5 rings (SSSR count). The molecule has 2 atom stereocenters. The summed E-state index contributed by atoms with van der Waals surface area (Å²) in [6.45, 7) is 4.93. The van der Waals surface area contributed by atoms with Crippen LogP contribution in [0.3, 0.4) is 0 Å². The van der Waals surface area contributed by atoms with E-state index in [0.29, 0.717) is 18.9 Å². The molecule has 1 aliphatic rings. The smallest absolute Gasteiger partial charge is 0.249 e. The van der Waals surface area contributed by atoms with E-state index in [1.165, 1.54) is 16.7 Å². The first-order chi connectivity index (χ1) is 22.3. The minimum Gasteiger partial charge on any atom is -0.497 e. The van der Waals surface area contributed by atoms with E-state index in [2.05, 4.69) is 83.4 Å². The Morgan fingerprint density at radius 3 is 1.87 bits per heavy atom. The average molecular weight is 639 g/mol. The number of nitrogens with one attached hydrogen (secondary N) is 2. The van der Waals surface area contributed by atoms with Gasteiger partial charge in [0.2, 0.25) is 11.8 Å². The summed E-state index contributed by atoms with van der Waals surface area (Å²) in [5, 5.41) is 5.95. The molecule has 240 valence electrons. The maximum Gasteiger partial charge on any atom is 0.249 e. The SMILES string of the molecule is COc1ccc(C2OCC(C)(C)C(C(=O)NCCC(=O)NCCSC(c3ccccc3)(c3ccccc3)c3ccccc3)O2)cc1. The highest BCUT2D eigenvalue weighted by Gasteiger charge is 2.43. The zero-order valence-corrected chi connectivity index (χ0v) is 27.4. The molecule has 1 heterocycles. The van der Waals surface area contributed by atoms with Crippen molar-refractivity contribution in [3.63, 3.8) is 0 Å². The molecule has 0 bridgehead atoms. The molecule has 2 N–H and O–H groups in total. The molecule has 46 heavy (non-hydrogen) atoms. The fourth-order valence-electron chi connectivity index (χ4n) is 5.71. The highest BCUT2D eigenvalue weighted by Crippen LogP contribution is 2.48. The fraction of sp³-hybridized carbons (Fsp3) is 0.316. The van der Waals surface area contributed by atoms with Gasteiger partial charge in [-0.3, -0.25) is 9.59 Å². The number of benzene rings is 4. The Labute approximate surface area is 276 Å². The van der Waals surface area contributed by atoms with Crippen LogP contribution in [-0.2, 0) is 23.8 Å². The van der Waals surface area contributed by atoms with Gasteiger partial charge in [-0.15, -0.1) is 11.8 Å². The van der Waals surface area contributed by atoms with Crippen molar-refractivity contribution in [1.82, 2.24) is 10.6 Å². The monoisotopic (exact) mass is 638 g/mol. The van der Waals surface area contributed by atoms with Crippen LogP contribution in [0.25, 0.3) is 0 Å². The van der Waals surface area contributed by atoms with Crippen molar-refractivity contribution in [1.29, 1.82) is 0 Å². The molecular weight excluding hydrogens is 596 g/mol. The Morgan fingerprint density at radius 2 is 1.35 bits per heavy atom. The van der Waals surface area contributed by atoms with Crippen molar-refractivity contribution < 1.29 is 23.8 Å². The maximum atomic E-state index is 13.2. The van der Waals surface area contributed by atoms with Gasteiger partial charge in [-0.2, -0.15) is 0 Å². The van der Waals surface area contributed by atoms with Gasteiger partial charge in [0.25, 0.3) is 0 Å². The van der Waals surface area contributed by atoms with Crippen molar-refractivity contribution in [3.8, 4) is 5.75 Å². The van der Waals surface area contributed by atoms with E-state index < -0.39 is 22.6 Å². The topological polar surface area (TPSA) is 85.9 Å². The third kappa shape index (κ3) is 7.81. The van der Waals surface area contributed by atoms with Gasteiger partial charge >= 0.3 is 0 Å². The zero-order chi connectivity index (χ0) is 32.4. The van der Waals surface area contributed by atoms with E-state index in [1.807, 2.05) is 56.3 Å². The number of carbonyl (C=O) groups excluding carboxylic acids is 2. The lowest BCUT2D eigenvalue weighted by Crippen LogP contribution is -2.52. The number of carbonyl (C=O) groups is 2. The molecule has 4 aromatic carbocycles. The van der Waals surface area contributed by atoms with Gasteiger partial charge in [0.15, 0.2) is 6.29 Å². The van der Waals surface area contributed by atoms with Gasteiger partial charge in [-0.25, -0.2) is 0 Å². The summed E-state index contributed by atoms with van der Waals surface area (Å²) in [5.74, 6) is 1.05. The summed E-state index contributed by atoms with van der Waals surface area (Å²) in [6.07, 6.45) is -1.22. The summed E-state index contributed by atoms with van der Waals surface area (Å²) in [6, 6.07) is 38.9. The van der Waals surface area contributed by atoms with Gasteiger partial charge in [-0.05, 0) is 28.8 Å². The van der Waals surface area contributed by atoms with Gasteiger partial charge in [0.05, 0.1) is 18.5 Å². The number of thioether (sulfide) groups is 1. The molecule has 0 saturated carbocycles. The van der Waals surface area contributed by atoms with Crippen molar-refractivity contribution >= 4 is 23.6 Å². The van der Waals surface area contributed by atoms with Crippen LogP contribution in [0.15, 0.2) is 115 Å². The fourth-order valence-corrected chi connectivity index (χ4v) is 7.13. The predicted molar refractivity (Wildman–Crippen MR) is 183 cm³/mol. The minimum absolute atomic E-state index is 0.117. The quantitative estimate of drug-likeness (QED) is 0.129. The van der Waals surface area contributed by atoms with Crippen LogP contribution in [0, 0.1) is 5.41 Å². The van der Waals surface area contributed by atoms with Gasteiger partial charge in [0, 0.05) is 36.2 Å². The number of ether oxygens (including phenoxy) is 3. The third-order valence-electron chi connectivity index (χ3n) is 8.14. The molecule has 7 nitrogen and oxygen atoms in total. The molecule has 0 aliphatic carbocycles. The lowest BCUT2D eigenvalue weighted by molar-refractivity contribution is -0.258. The van der Waals surface area contributed by atoms with Crippen molar-refractivity contribution in [3.05, 3.63) is 138 Å². The molecule has 2 unspecified atom stereocenters. The first-order valence-electron chi connectivity index (χ1n) is 15.6. The molecule has 0 aromatic heterocycles. The van der Waals surface area contributed by atoms with Crippen LogP contribution in [-0.4, -0.2) is 50.5 Å². The van der Waals surface area contributed by atoms with Gasteiger partial charge in [0.1, 0.15) is 11.9 Å². The van der Waals surface area contributed by atoms with E-state index in [-0.39, 0.29) is 24.8 Å². The second kappa shape index (κ2) is 15.5. The molecule has 8 heteroatoms. The highest BCUT2D eigenvalue weighted by atomic mass is 32.2. The van der Waals surface area contributed by atoms with Gasteiger partial charge < -0.3 is 24.8 Å². The second-order valence-electron chi connectivity index (χ2n) is 11.9. The van der Waals surface area contributed by atoms with Crippen molar-refractivity contribution in [2.45, 2.75) is 37.4 Å². The van der Waals surface area contributed by atoms with Crippen LogP contribution in [0.2, 0.25) is 0 Å². The van der Waals surface area contributed by atoms with Crippen LogP contribution in [0.4, 0.5) is 0 Å². The van der Waals surface area contributed by atoms with Crippen LogP contribution in [0.5, 0.6) is 5.75 Å². The number of amides is 2. The Morgan fingerprint density at radius 1 is 0.804 bits per heavy atom. The lowest BCUT2D eigenvalue weighted by atomic mass is 9.84. The first kappa shape index (κ1) is 33.3. The first-order valence-corrected chi connectivity index (χ1v) is 16.6. The lowest BCUT2D eigenvalue weighted by Gasteiger charge is -2.41. The summed E-state index contributed by atoms with van der Waals surface area (Å²) in [5.41, 5.74) is 3.81. The molecule has 1 aliphatic heterocycles. The van der Waals surface area contributed by atoms with E-state index in [4.69, 9.17) is 14.2 Å². The molecule has 4 aromatic rings. The highest BCUT2D eigenvalue weighted by molar-refractivity contribution is 8.00. The largest absolute Gasteiger partial charge is 0.497 e. The van der Waals surface area contributed by atoms with E-state index in [0.717, 1.165) is 11.3 Å². The van der Waals surface area contributed by atoms with Crippen molar-refractivity contribution in [2.75, 3.05) is 32.6 Å². The van der Waals surface area contributed by atoms with E-state index in [1.54, 1.807) is 18.9 Å². The summed E-state index contributed by atoms with van der Waals surface area (Å²) in [7, 11) is 1.61. The number of hydrogen-bond donors (Lipinski definition) is 2. The van der Waals surface area contributed by atoms with Crippen LogP contribution < -0.4 is 15.4 Å². The Kier molecular flexibility index (Phi) is 11.2. The number of methoxy groups -OCH3 is 1. The molecule has 1 saturated heterocycles. The standard InChI is InChI=1S/C38H42N2O5S/c1-37(2)27-44-36(28-19-21-32(43-3)22-20-28)45-34(37)35(42)40-24-23-33(41)39-25-26-46-38(29-13-7-4-8-14-29,30-15-9-5-10-16-30)31-17-11-6-12-18-31/h4-22,34,36H,23-27H2,1-3H3,(H,39,41)(H,40,42). The Bertz CT molecular complexity index is 1450. The summed E-state index contributed by atoms with van der Waals surface area (Å²) >= 11 is 1.80. The molecule has 0 radical (unpaired) electrons. The number of hydrogen-bond acceptors (Lipinski definition) is 6. The number of rotatable bonds is 13. The third-order valence-corrected chi connectivity index (χ3v) is 9.69. The second-order valence-corrected chi connectivity index (χ2v) is 13.2. The van der Waals surface area contributed by atoms with E-state index >= 15 is 0 Å². The summed E-state index contributed by atoms with van der Waals surface area (Å²) < 4.78 is 16.8. The molecule has 2 amide bonds. The van der Waals surface area contributed by atoms with Crippen molar-refractivity contribution in [2.24, 2.45) is 5.41 Å². The summed E-state index contributed by atoms with van der Waals surface area (Å²) in [4.78, 5) is 26.0. The van der Waals surface area contributed by atoms with E-state index in [9.17, 15) is 9.59 Å². The Hall–Kier alpha value is -4.11. The predicted octanol–water partition coefficient (Wildman–Crippen LogP) is 6.48. The Balaban J connectivity index is 1.15. The minimum atomic E-state index is -0.727. The normalized spacial score (nSPS) is 17.5. The average Bonchev–Trinajstić information content (AvgIpc) is 3.09. The molecular formula is C38H42N2O5S. The zero-order valence-electron chi connectivity index (χ0n) is 26.6. The maximum absolute atomic E-state index is 13.2. The van der Waals surface area contributed by atoms with Gasteiger partial charge in [-0.1, -0.05) is 117 Å².